The zero-order valence-corrected chi connectivity index (χ0v) is 10.5. The topological polar surface area (TPSA) is 51.8 Å². The Bertz CT molecular complexity index is 680. The number of nitrogens with two attached hydrogens (primary N) is 1. The molecule has 19 heavy (non-hydrogen) atoms. The Morgan fingerprint density at radius 3 is 2.37 bits per heavy atom. The van der Waals surface area contributed by atoms with Crippen LogP contribution in [0.3, 0.4) is 0 Å². The highest BCUT2D eigenvalue weighted by Crippen LogP contribution is 2.24. The van der Waals surface area contributed by atoms with Crippen LogP contribution in [0.15, 0.2) is 60.9 Å². The number of benzene rings is 2. The van der Waals surface area contributed by atoms with E-state index in [1.807, 2.05) is 18.2 Å². The third-order valence-corrected chi connectivity index (χ3v) is 3.31. The number of rotatable bonds is 3. The molecule has 3 heteroatoms. The molecule has 0 amide bonds. The SMILES string of the molecule is NCC(c1ccc2ccccc2c1)c1ncccn1. The van der Waals surface area contributed by atoms with Gasteiger partial charge in [0.25, 0.3) is 0 Å². The molecule has 2 aromatic carbocycles. The molecule has 1 heterocycles. The molecular weight excluding hydrogens is 234 g/mol. The monoisotopic (exact) mass is 249 g/mol. The summed E-state index contributed by atoms with van der Waals surface area (Å²) < 4.78 is 0. The minimum Gasteiger partial charge on any atom is -0.329 e. The van der Waals surface area contributed by atoms with Gasteiger partial charge in [-0.1, -0.05) is 42.5 Å². The molecule has 0 saturated carbocycles. The van der Waals surface area contributed by atoms with Gasteiger partial charge in [-0.15, -0.1) is 0 Å². The summed E-state index contributed by atoms with van der Waals surface area (Å²) in [5.74, 6) is 0.825. The van der Waals surface area contributed by atoms with Crippen molar-refractivity contribution in [2.75, 3.05) is 6.54 Å². The fraction of sp³-hybridized carbons (Fsp3) is 0.125. The van der Waals surface area contributed by atoms with Crippen molar-refractivity contribution in [2.24, 2.45) is 5.73 Å². The smallest absolute Gasteiger partial charge is 0.136 e. The Kier molecular flexibility index (Phi) is 3.21. The van der Waals surface area contributed by atoms with Crippen LogP contribution in [0.5, 0.6) is 0 Å². The van der Waals surface area contributed by atoms with E-state index in [-0.39, 0.29) is 5.92 Å². The zero-order valence-electron chi connectivity index (χ0n) is 10.5. The van der Waals surface area contributed by atoms with Crippen LogP contribution in [-0.2, 0) is 0 Å². The standard InChI is InChI=1S/C16H15N3/c17-11-15(16-18-8-3-9-19-16)14-7-6-12-4-1-2-5-13(12)10-14/h1-10,15H,11,17H2. The number of aromatic nitrogens is 2. The van der Waals surface area contributed by atoms with Crippen molar-refractivity contribution < 1.29 is 0 Å². The summed E-state index contributed by atoms with van der Waals surface area (Å²) in [5, 5.41) is 2.45. The highest BCUT2D eigenvalue weighted by atomic mass is 14.9. The van der Waals surface area contributed by atoms with Crippen LogP contribution in [0, 0.1) is 0 Å². The average molecular weight is 249 g/mol. The van der Waals surface area contributed by atoms with Crippen LogP contribution in [0.4, 0.5) is 0 Å². The Hall–Kier alpha value is -2.26. The second-order valence-electron chi connectivity index (χ2n) is 4.50. The summed E-state index contributed by atoms with van der Waals surface area (Å²) >= 11 is 0. The predicted octanol–water partition coefficient (Wildman–Crippen LogP) is 2.72. The maximum Gasteiger partial charge on any atom is 0.136 e. The number of nitrogens with zero attached hydrogens (tertiary/aromatic N) is 2. The number of hydrogen-bond acceptors (Lipinski definition) is 3. The van der Waals surface area contributed by atoms with Gasteiger partial charge >= 0.3 is 0 Å². The fourth-order valence-corrected chi connectivity index (χ4v) is 2.31. The van der Waals surface area contributed by atoms with Crippen LogP contribution in [0.1, 0.15) is 17.3 Å². The van der Waals surface area contributed by atoms with Crippen LogP contribution >= 0.6 is 0 Å². The van der Waals surface area contributed by atoms with E-state index in [2.05, 4.69) is 40.3 Å². The lowest BCUT2D eigenvalue weighted by atomic mass is 9.95. The van der Waals surface area contributed by atoms with E-state index in [1.165, 1.54) is 10.8 Å². The zero-order chi connectivity index (χ0) is 13.1. The molecule has 0 radical (unpaired) electrons. The minimum absolute atomic E-state index is 0.0470. The fourth-order valence-electron chi connectivity index (χ4n) is 2.31. The van der Waals surface area contributed by atoms with Gasteiger partial charge in [0.2, 0.25) is 0 Å². The highest BCUT2D eigenvalue weighted by Gasteiger charge is 2.15. The third-order valence-electron chi connectivity index (χ3n) is 3.31. The van der Waals surface area contributed by atoms with E-state index in [0.29, 0.717) is 6.54 Å². The first-order chi connectivity index (χ1) is 9.38. The van der Waals surface area contributed by atoms with Gasteiger partial charge in [-0.2, -0.15) is 0 Å². The molecule has 94 valence electrons. The van der Waals surface area contributed by atoms with Gasteiger partial charge in [-0.3, -0.25) is 0 Å². The second-order valence-corrected chi connectivity index (χ2v) is 4.50. The first-order valence-electron chi connectivity index (χ1n) is 6.34. The Morgan fingerprint density at radius 2 is 1.63 bits per heavy atom. The van der Waals surface area contributed by atoms with Crippen molar-refractivity contribution in [3.05, 3.63) is 72.3 Å². The molecule has 0 spiro atoms. The molecule has 2 N–H and O–H groups in total. The van der Waals surface area contributed by atoms with Crippen LogP contribution in [0.25, 0.3) is 10.8 Å². The molecule has 0 aliphatic heterocycles. The van der Waals surface area contributed by atoms with E-state index in [1.54, 1.807) is 12.4 Å². The predicted molar refractivity (Wildman–Crippen MR) is 76.9 cm³/mol. The molecular formula is C16H15N3. The summed E-state index contributed by atoms with van der Waals surface area (Å²) in [6.45, 7) is 0.502. The molecule has 1 atom stereocenters. The van der Waals surface area contributed by atoms with E-state index in [9.17, 15) is 0 Å². The normalized spacial score (nSPS) is 12.5. The highest BCUT2D eigenvalue weighted by molar-refractivity contribution is 5.83. The summed E-state index contributed by atoms with van der Waals surface area (Å²) in [5.41, 5.74) is 7.06. The van der Waals surface area contributed by atoms with E-state index in [4.69, 9.17) is 5.73 Å². The lowest BCUT2D eigenvalue weighted by Crippen LogP contribution is -2.16. The molecule has 1 unspecified atom stereocenters. The van der Waals surface area contributed by atoms with Crippen molar-refractivity contribution in [2.45, 2.75) is 5.92 Å². The van der Waals surface area contributed by atoms with Crippen molar-refractivity contribution in [3.8, 4) is 0 Å². The van der Waals surface area contributed by atoms with E-state index >= 15 is 0 Å². The molecule has 0 aliphatic rings. The molecule has 3 rings (SSSR count). The minimum atomic E-state index is 0.0470. The maximum atomic E-state index is 5.90. The van der Waals surface area contributed by atoms with Gasteiger partial charge in [0.05, 0.1) is 5.92 Å². The van der Waals surface area contributed by atoms with Gasteiger partial charge in [0.1, 0.15) is 5.82 Å². The van der Waals surface area contributed by atoms with Gasteiger partial charge < -0.3 is 5.73 Å². The molecule has 0 saturated heterocycles. The van der Waals surface area contributed by atoms with Crippen molar-refractivity contribution in [3.63, 3.8) is 0 Å². The molecule has 1 aromatic heterocycles. The summed E-state index contributed by atoms with van der Waals surface area (Å²) in [6.07, 6.45) is 3.51. The molecule has 0 fully saturated rings. The molecule has 3 aromatic rings. The van der Waals surface area contributed by atoms with Gasteiger partial charge in [0, 0.05) is 18.9 Å². The summed E-state index contributed by atoms with van der Waals surface area (Å²) in [7, 11) is 0. The van der Waals surface area contributed by atoms with E-state index < -0.39 is 0 Å². The lowest BCUT2D eigenvalue weighted by Gasteiger charge is -2.14. The van der Waals surface area contributed by atoms with Crippen molar-refractivity contribution in [1.29, 1.82) is 0 Å². The second kappa shape index (κ2) is 5.16. The van der Waals surface area contributed by atoms with Crippen LogP contribution in [-0.4, -0.2) is 16.5 Å². The molecule has 0 aliphatic carbocycles. The van der Waals surface area contributed by atoms with Crippen LogP contribution in [0.2, 0.25) is 0 Å². The Labute approximate surface area is 112 Å². The number of fused-ring (bicyclic) bond motifs is 1. The van der Waals surface area contributed by atoms with Gasteiger partial charge in [-0.25, -0.2) is 9.97 Å². The van der Waals surface area contributed by atoms with E-state index in [0.717, 1.165) is 11.4 Å². The quantitative estimate of drug-likeness (QED) is 0.776. The molecule has 3 nitrogen and oxygen atoms in total. The largest absolute Gasteiger partial charge is 0.329 e. The number of hydrogen-bond donors (Lipinski definition) is 1. The summed E-state index contributed by atoms with van der Waals surface area (Å²) in [4.78, 5) is 8.63. The molecule has 0 bridgehead atoms. The maximum absolute atomic E-state index is 5.90. The van der Waals surface area contributed by atoms with Gasteiger partial charge in [0.15, 0.2) is 0 Å². The lowest BCUT2D eigenvalue weighted by molar-refractivity contribution is 0.750. The Balaban J connectivity index is 2.06. The Morgan fingerprint density at radius 1 is 0.895 bits per heavy atom. The first kappa shape index (κ1) is 11.8. The first-order valence-corrected chi connectivity index (χ1v) is 6.34. The average Bonchev–Trinajstić information content (AvgIpc) is 2.49. The third kappa shape index (κ3) is 2.33. The summed E-state index contributed by atoms with van der Waals surface area (Å²) in [6, 6.07) is 16.5. The van der Waals surface area contributed by atoms with Crippen LogP contribution < -0.4 is 5.73 Å². The van der Waals surface area contributed by atoms with Crippen molar-refractivity contribution >= 4 is 10.8 Å². The van der Waals surface area contributed by atoms with Gasteiger partial charge in [-0.05, 0) is 22.4 Å². The van der Waals surface area contributed by atoms with Crippen molar-refractivity contribution in [1.82, 2.24) is 9.97 Å².